The van der Waals surface area contributed by atoms with Crippen LogP contribution in [0.1, 0.15) is 24.1 Å². The van der Waals surface area contributed by atoms with E-state index in [4.69, 9.17) is 33.7 Å². The molecule has 88 valence electrons. The van der Waals surface area contributed by atoms with E-state index in [9.17, 15) is 0 Å². The predicted octanol–water partition coefficient (Wildman–Crippen LogP) is 3.71. The van der Waals surface area contributed by atoms with Crippen LogP contribution in [-0.4, -0.2) is 6.61 Å². The Kier molecular flexibility index (Phi) is 5.13. The van der Waals surface area contributed by atoms with Crippen LogP contribution >= 0.6 is 23.2 Å². The standard InChI is InChI=1S/C12H15Cl2NO/c1-8-3-4-11(9(2)15)12(5-8)16-7-10(14)6-13/h3-6,9H,7,15H2,1-2H3. The van der Waals surface area contributed by atoms with Crippen molar-refractivity contribution in [3.05, 3.63) is 39.9 Å². The molecule has 0 heterocycles. The second-order valence-corrected chi connectivity index (χ2v) is 4.38. The maximum Gasteiger partial charge on any atom is 0.125 e. The van der Waals surface area contributed by atoms with Gasteiger partial charge in [0.25, 0.3) is 0 Å². The van der Waals surface area contributed by atoms with Gasteiger partial charge in [0.2, 0.25) is 0 Å². The van der Waals surface area contributed by atoms with E-state index in [-0.39, 0.29) is 12.6 Å². The number of halogens is 2. The van der Waals surface area contributed by atoms with Crippen LogP contribution in [0.25, 0.3) is 0 Å². The third-order valence-corrected chi connectivity index (χ3v) is 2.74. The molecule has 1 unspecified atom stereocenters. The van der Waals surface area contributed by atoms with E-state index in [0.717, 1.165) is 16.9 Å². The van der Waals surface area contributed by atoms with Gasteiger partial charge in [-0.3, -0.25) is 0 Å². The second kappa shape index (κ2) is 6.14. The fourth-order valence-corrected chi connectivity index (χ4v) is 1.44. The molecule has 0 saturated carbocycles. The summed E-state index contributed by atoms with van der Waals surface area (Å²) in [6.45, 7) is 4.17. The number of rotatable bonds is 4. The highest BCUT2D eigenvalue weighted by Crippen LogP contribution is 2.25. The van der Waals surface area contributed by atoms with Crippen molar-refractivity contribution in [2.45, 2.75) is 19.9 Å². The van der Waals surface area contributed by atoms with Crippen molar-refractivity contribution in [1.82, 2.24) is 0 Å². The first-order valence-electron chi connectivity index (χ1n) is 4.98. The highest BCUT2D eigenvalue weighted by Gasteiger charge is 2.08. The van der Waals surface area contributed by atoms with Gasteiger partial charge in [-0.25, -0.2) is 0 Å². The van der Waals surface area contributed by atoms with E-state index in [1.54, 1.807) is 0 Å². The molecule has 2 nitrogen and oxygen atoms in total. The Morgan fingerprint density at radius 3 is 2.81 bits per heavy atom. The molecule has 4 heteroatoms. The number of hydrogen-bond acceptors (Lipinski definition) is 2. The Morgan fingerprint density at radius 2 is 2.25 bits per heavy atom. The zero-order valence-electron chi connectivity index (χ0n) is 9.34. The van der Waals surface area contributed by atoms with Crippen LogP contribution in [0, 0.1) is 6.92 Å². The van der Waals surface area contributed by atoms with Crippen molar-refractivity contribution >= 4 is 23.2 Å². The predicted molar refractivity (Wildman–Crippen MR) is 69.1 cm³/mol. The van der Waals surface area contributed by atoms with Crippen molar-refractivity contribution < 1.29 is 4.74 Å². The molecule has 2 N–H and O–H groups in total. The van der Waals surface area contributed by atoms with Crippen molar-refractivity contribution in [2.75, 3.05) is 6.61 Å². The summed E-state index contributed by atoms with van der Waals surface area (Å²) in [4.78, 5) is 0. The lowest BCUT2D eigenvalue weighted by Crippen LogP contribution is -2.09. The summed E-state index contributed by atoms with van der Waals surface area (Å²) < 4.78 is 5.57. The van der Waals surface area contributed by atoms with E-state index in [1.807, 2.05) is 32.0 Å². The Labute approximate surface area is 106 Å². The SMILES string of the molecule is Cc1ccc(C(C)N)c(OCC(Cl)=CCl)c1. The summed E-state index contributed by atoms with van der Waals surface area (Å²) in [6, 6.07) is 5.84. The average Bonchev–Trinajstić information content (AvgIpc) is 2.25. The minimum absolute atomic E-state index is 0.0747. The third-order valence-electron chi connectivity index (χ3n) is 2.14. The first kappa shape index (κ1) is 13.4. The molecule has 16 heavy (non-hydrogen) atoms. The van der Waals surface area contributed by atoms with Crippen LogP contribution in [0.4, 0.5) is 0 Å². The largest absolute Gasteiger partial charge is 0.488 e. The highest BCUT2D eigenvalue weighted by atomic mass is 35.5. The number of hydrogen-bond donors (Lipinski definition) is 1. The topological polar surface area (TPSA) is 35.2 Å². The molecule has 0 aliphatic heterocycles. The molecular formula is C12H15Cl2NO. The van der Waals surface area contributed by atoms with Gasteiger partial charge >= 0.3 is 0 Å². The molecule has 1 atom stereocenters. The second-order valence-electron chi connectivity index (χ2n) is 3.67. The molecule has 0 radical (unpaired) electrons. The Balaban J connectivity index is 2.88. The smallest absolute Gasteiger partial charge is 0.125 e. The lowest BCUT2D eigenvalue weighted by Gasteiger charge is -2.14. The molecule has 0 saturated heterocycles. The lowest BCUT2D eigenvalue weighted by molar-refractivity contribution is 0.353. The fourth-order valence-electron chi connectivity index (χ4n) is 1.32. The van der Waals surface area contributed by atoms with Crippen molar-refractivity contribution in [1.29, 1.82) is 0 Å². The van der Waals surface area contributed by atoms with Crippen LogP contribution in [0.3, 0.4) is 0 Å². The van der Waals surface area contributed by atoms with E-state index in [2.05, 4.69) is 0 Å². The monoisotopic (exact) mass is 259 g/mol. The molecule has 1 rings (SSSR count). The summed E-state index contributed by atoms with van der Waals surface area (Å²) in [5.74, 6) is 0.756. The van der Waals surface area contributed by atoms with Crippen LogP contribution in [0.15, 0.2) is 28.8 Å². The van der Waals surface area contributed by atoms with Gasteiger partial charge in [0.05, 0.1) is 5.03 Å². The van der Waals surface area contributed by atoms with Gasteiger partial charge < -0.3 is 10.5 Å². The molecule has 0 spiro atoms. The molecule has 1 aromatic carbocycles. The Morgan fingerprint density at radius 1 is 1.56 bits per heavy atom. The summed E-state index contributed by atoms with van der Waals surface area (Å²) in [5, 5.41) is 0.457. The highest BCUT2D eigenvalue weighted by molar-refractivity contribution is 6.36. The van der Waals surface area contributed by atoms with Gasteiger partial charge in [-0.15, -0.1) is 0 Å². The summed E-state index contributed by atoms with van der Waals surface area (Å²) in [7, 11) is 0. The number of nitrogens with two attached hydrogens (primary N) is 1. The molecule has 0 bridgehead atoms. The quantitative estimate of drug-likeness (QED) is 0.895. The van der Waals surface area contributed by atoms with Crippen LogP contribution in [0.2, 0.25) is 0 Å². The first-order valence-corrected chi connectivity index (χ1v) is 5.79. The average molecular weight is 260 g/mol. The number of ether oxygens (including phenoxy) is 1. The number of aryl methyl sites for hydroxylation is 1. The van der Waals surface area contributed by atoms with Gasteiger partial charge in [0, 0.05) is 17.1 Å². The Bertz CT molecular complexity index is 389. The van der Waals surface area contributed by atoms with Crippen molar-refractivity contribution in [2.24, 2.45) is 5.73 Å². The number of benzene rings is 1. The van der Waals surface area contributed by atoms with Gasteiger partial charge in [0.1, 0.15) is 12.4 Å². The minimum atomic E-state index is -0.0747. The zero-order valence-corrected chi connectivity index (χ0v) is 10.8. The molecule has 0 aliphatic carbocycles. The maximum atomic E-state index is 5.85. The van der Waals surface area contributed by atoms with E-state index in [1.165, 1.54) is 5.54 Å². The minimum Gasteiger partial charge on any atom is -0.488 e. The van der Waals surface area contributed by atoms with Gasteiger partial charge in [-0.1, -0.05) is 35.3 Å². The molecule has 0 aliphatic rings. The van der Waals surface area contributed by atoms with E-state index in [0.29, 0.717) is 5.03 Å². The Hall–Kier alpha value is -0.700. The fraction of sp³-hybridized carbons (Fsp3) is 0.333. The van der Waals surface area contributed by atoms with Crippen molar-refractivity contribution in [3.8, 4) is 5.75 Å². The van der Waals surface area contributed by atoms with Gasteiger partial charge in [-0.05, 0) is 25.5 Å². The van der Waals surface area contributed by atoms with Gasteiger partial charge in [0.15, 0.2) is 0 Å². The van der Waals surface area contributed by atoms with Crippen LogP contribution in [0.5, 0.6) is 5.75 Å². The first-order chi connectivity index (χ1) is 7.54. The molecule has 0 fully saturated rings. The lowest BCUT2D eigenvalue weighted by atomic mass is 10.1. The summed E-state index contributed by atoms with van der Waals surface area (Å²) in [5.41, 5.74) is 9.22. The van der Waals surface area contributed by atoms with E-state index >= 15 is 0 Å². The van der Waals surface area contributed by atoms with Crippen LogP contribution in [-0.2, 0) is 0 Å². The van der Waals surface area contributed by atoms with Crippen molar-refractivity contribution in [3.63, 3.8) is 0 Å². The summed E-state index contributed by atoms with van der Waals surface area (Å²) in [6.07, 6.45) is 0. The van der Waals surface area contributed by atoms with Gasteiger partial charge in [-0.2, -0.15) is 0 Å². The molecule has 1 aromatic rings. The molecular weight excluding hydrogens is 245 g/mol. The molecule has 0 amide bonds. The zero-order chi connectivity index (χ0) is 12.1. The van der Waals surface area contributed by atoms with E-state index < -0.39 is 0 Å². The third kappa shape index (κ3) is 3.71. The van der Waals surface area contributed by atoms with Crippen LogP contribution < -0.4 is 10.5 Å². The summed E-state index contributed by atoms with van der Waals surface area (Å²) >= 11 is 11.2. The normalized spacial score (nSPS) is 13.7. The molecule has 0 aromatic heterocycles. The maximum absolute atomic E-state index is 5.85.